The third-order valence-corrected chi connectivity index (χ3v) is 4.31. The summed E-state index contributed by atoms with van der Waals surface area (Å²) < 4.78 is 11.5. The van der Waals surface area contributed by atoms with Gasteiger partial charge in [-0.15, -0.1) is 12.4 Å². The maximum Gasteiger partial charge on any atom is 0.308 e. The highest BCUT2D eigenvalue weighted by atomic mass is 35.5. The van der Waals surface area contributed by atoms with Crippen LogP contribution in [-0.4, -0.2) is 41.6 Å². The first-order chi connectivity index (χ1) is 12.6. The standard InChI is InChI=1S/C20H21NO5.ClH/c1-2-25-17-9-5-6-10-18(17)26-16-8-4-3-7-15(16)19(22)21-12-11-14(13-21)20(23)24;/h3-10,14H,2,11-13H2,1H3,(H,23,24);1H. The van der Waals surface area contributed by atoms with E-state index in [1.54, 1.807) is 41.3 Å². The monoisotopic (exact) mass is 391 g/mol. The topological polar surface area (TPSA) is 76.1 Å². The number of benzene rings is 2. The van der Waals surface area contributed by atoms with E-state index in [0.29, 0.717) is 42.4 Å². The smallest absolute Gasteiger partial charge is 0.308 e. The summed E-state index contributed by atoms with van der Waals surface area (Å²) in [5.41, 5.74) is 0.407. The van der Waals surface area contributed by atoms with Crippen LogP contribution in [0.15, 0.2) is 48.5 Å². The van der Waals surface area contributed by atoms with Crippen molar-refractivity contribution < 1.29 is 24.2 Å². The van der Waals surface area contributed by atoms with Crippen LogP contribution in [0.2, 0.25) is 0 Å². The lowest BCUT2D eigenvalue weighted by molar-refractivity contribution is -0.141. The Balaban J connectivity index is 0.00000261. The molecular weight excluding hydrogens is 370 g/mol. The number of carbonyl (C=O) groups excluding carboxylic acids is 1. The number of hydrogen-bond acceptors (Lipinski definition) is 4. The van der Waals surface area contributed by atoms with E-state index in [-0.39, 0.29) is 24.9 Å². The van der Waals surface area contributed by atoms with Gasteiger partial charge in [0.05, 0.1) is 18.1 Å². The summed E-state index contributed by atoms with van der Waals surface area (Å²) in [5, 5.41) is 9.14. The van der Waals surface area contributed by atoms with Crippen LogP contribution in [-0.2, 0) is 4.79 Å². The Morgan fingerprint density at radius 2 is 1.70 bits per heavy atom. The molecular formula is C20H22ClNO5. The Hall–Kier alpha value is -2.73. The molecule has 1 saturated heterocycles. The Kier molecular flexibility index (Phi) is 7.07. The second kappa shape index (κ2) is 9.28. The molecule has 1 aliphatic heterocycles. The highest BCUT2D eigenvalue weighted by Crippen LogP contribution is 2.33. The predicted octanol–water partition coefficient (Wildman–Crippen LogP) is 3.85. The number of likely N-dealkylation sites (tertiary alicyclic amines) is 1. The predicted molar refractivity (Wildman–Crippen MR) is 103 cm³/mol. The average molecular weight is 392 g/mol. The van der Waals surface area contributed by atoms with Gasteiger partial charge in [0.25, 0.3) is 5.91 Å². The van der Waals surface area contributed by atoms with E-state index >= 15 is 0 Å². The number of aliphatic carboxylic acids is 1. The fourth-order valence-corrected chi connectivity index (χ4v) is 2.98. The van der Waals surface area contributed by atoms with Crippen LogP contribution in [0, 0.1) is 5.92 Å². The first-order valence-electron chi connectivity index (χ1n) is 8.61. The molecule has 27 heavy (non-hydrogen) atoms. The van der Waals surface area contributed by atoms with Crippen molar-refractivity contribution in [2.45, 2.75) is 13.3 Å². The van der Waals surface area contributed by atoms with Crippen LogP contribution in [0.4, 0.5) is 0 Å². The van der Waals surface area contributed by atoms with Crippen molar-refractivity contribution in [1.29, 1.82) is 0 Å². The number of halogens is 1. The summed E-state index contributed by atoms with van der Waals surface area (Å²) in [4.78, 5) is 25.6. The molecule has 1 N–H and O–H groups in total. The van der Waals surface area contributed by atoms with E-state index in [2.05, 4.69) is 0 Å². The Labute approximate surface area is 164 Å². The maximum atomic E-state index is 12.9. The van der Waals surface area contributed by atoms with E-state index in [0.717, 1.165) is 0 Å². The van der Waals surface area contributed by atoms with E-state index in [4.69, 9.17) is 14.6 Å². The molecule has 1 amide bonds. The summed E-state index contributed by atoms with van der Waals surface area (Å²) in [6, 6.07) is 14.2. The average Bonchev–Trinajstić information content (AvgIpc) is 3.14. The molecule has 0 saturated carbocycles. The van der Waals surface area contributed by atoms with Crippen LogP contribution in [0.25, 0.3) is 0 Å². The van der Waals surface area contributed by atoms with Gasteiger partial charge >= 0.3 is 5.97 Å². The molecule has 1 fully saturated rings. The summed E-state index contributed by atoms with van der Waals surface area (Å²) in [6.45, 7) is 3.05. The number of para-hydroxylation sites is 3. The van der Waals surface area contributed by atoms with Gasteiger partial charge in [-0.05, 0) is 37.6 Å². The zero-order chi connectivity index (χ0) is 18.5. The lowest BCUT2D eigenvalue weighted by Crippen LogP contribution is -2.30. The molecule has 7 heteroatoms. The Bertz CT molecular complexity index is 810. The third kappa shape index (κ3) is 4.71. The molecule has 144 valence electrons. The summed E-state index contributed by atoms with van der Waals surface area (Å²) in [7, 11) is 0. The first-order valence-corrected chi connectivity index (χ1v) is 8.61. The zero-order valence-electron chi connectivity index (χ0n) is 15.0. The zero-order valence-corrected chi connectivity index (χ0v) is 15.8. The molecule has 6 nitrogen and oxygen atoms in total. The van der Waals surface area contributed by atoms with Gasteiger partial charge < -0.3 is 19.5 Å². The lowest BCUT2D eigenvalue weighted by Gasteiger charge is -2.19. The number of hydrogen-bond donors (Lipinski definition) is 1. The van der Waals surface area contributed by atoms with Crippen molar-refractivity contribution in [3.05, 3.63) is 54.1 Å². The largest absolute Gasteiger partial charge is 0.490 e. The quantitative estimate of drug-likeness (QED) is 0.809. The van der Waals surface area contributed by atoms with Gasteiger partial charge in [0.2, 0.25) is 0 Å². The number of carbonyl (C=O) groups is 2. The number of carboxylic acid groups (broad SMARTS) is 1. The molecule has 2 aromatic rings. The Morgan fingerprint density at radius 3 is 2.33 bits per heavy atom. The second-order valence-electron chi connectivity index (χ2n) is 6.05. The van der Waals surface area contributed by atoms with Crippen molar-refractivity contribution in [3.63, 3.8) is 0 Å². The van der Waals surface area contributed by atoms with E-state index in [1.807, 2.05) is 19.1 Å². The third-order valence-electron chi connectivity index (χ3n) is 4.31. The van der Waals surface area contributed by atoms with E-state index in [9.17, 15) is 9.59 Å². The van der Waals surface area contributed by atoms with Crippen LogP contribution >= 0.6 is 12.4 Å². The van der Waals surface area contributed by atoms with Crippen LogP contribution in [0.5, 0.6) is 17.2 Å². The van der Waals surface area contributed by atoms with Crippen molar-refractivity contribution in [2.75, 3.05) is 19.7 Å². The van der Waals surface area contributed by atoms with Gasteiger partial charge in [-0.3, -0.25) is 9.59 Å². The van der Waals surface area contributed by atoms with Crippen LogP contribution in [0.3, 0.4) is 0 Å². The molecule has 0 bridgehead atoms. The molecule has 0 radical (unpaired) electrons. The van der Waals surface area contributed by atoms with Gasteiger partial charge in [-0.1, -0.05) is 24.3 Å². The maximum absolute atomic E-state index is 12.9. The van der Waals surface area contributed by atoms with Gasteiger partial charge in [0.15, 0.2) is 11.5 Å². The highest BCUT2D eigenvalue weighted by Gasteiger charge is 2.32. The highest BCUT2D eigenvalue weighted by molar-refractivity contribution is 5.97. The number of carboxylic acids is 1. The van der Waals surface area contributed by atoms with Crippen molar-refractivity contribution >= 4 is 24.3 Å². The number of amides is 1. The fourth-order valence-electron chi connectivity index (χ4n) is 2.98. The van der Waals surface area contributed by atoms with Crippen molar-refractivity contribution in [1.82, 2.24) is 4.90 Å². The summed E-state index contributed by atoms with van der Waals surface area (Å²) in [6.07, 6.45) is 0.470. The first kappa shape index (κ1) is 20.6. The molecule has 1 aliphatic rings. The van der Waals surface area contributed by atoms with Crippen molar-refractivity contribution in [3.8, 4) is 17.2 Å². The van der Waals surface area contributed by atoms with Gasteiger partial charge in [0.1, 0.15) is 5.75 Å². The van der Waals surface area contributed by atoms with Crippen LogP contribution in [0.1, 0.15) is 23.7 Å². The number of rotatable bonds is 6. The molecule has 1 unspecified atom stereocenters. The lowest BCUT2D eigenvalue weighted by atomic mass is 10.1. The minimum Gasteiger partial charge on any atom is -0.490 e. The van der Waals surface area contributed by atoms with E-state index < -0.39 is 11.9 Å². The summed E-state index contributed by atoms with van der Waals surface area (Å²) >= 11 is 0. The SMILES string of the molecule is CCOc1ccccc1Oc1ccccc1C(=O)N1CCC(C(=O)O)C1.Cl. The fraction of sp³-hybridized carbons (Fsp3) is 0.300. The molecule has 0 aliphatic carbocycles. The Morgan fingerprint density at radius 1 is 1.07 bits per heavy atom. The van der Waals surface area contributed by atoms with Gasteiger partial charge in [-0.2, -0.15) is 0 Å². The molecule has 1 atom stereocenters. The number of nitrogens with zero attached hydrogens (tertiary/aromatic N) is 1. The van der Waals surface area contributed by atoms with Gasteiger partial charge in [0, 0.05) is 13.1 Å². The second-order valence-corrected chi connectivity index (χ2v) is 6.05. The number of ether oxygens (including phenoxy) is 2. The normalized spacial score (nSPS) is 15.7. The molecule has 3 rings (SSSR count). The summed E-state index contributed by atoms with van der Waals surface area (Å²) in [5.74, 6) is -0.0494. The molecule has 2 aromatic carbocycles. The van der Waals surface area contributed by atoms with Crippen molar-refractivity contribution in [2.24, 2.45) is 5.92 Å². The minimum atomic E-state index is -0.865. The molecule has 0 spiro atoms. The molecule has 1 heterocycles. The van der Waals surface area contributed by atoms with Crippen LogP contribution < -0.4 is 9.47 Å². The minimum absolute atomic E-state index is 0. The molecule has 0 aromatic heterocycles. The van der Waals surface area contributed by atoms with Gasteiger partial charge in [-0.25, -0.2) is 0 Å². The van der Waals surface area contributed by atoms with E-state index in [1.165, 1.54) is 0 Å².